The Labute approximate surface area is 157 Å². The summed E-state index contributed by atoms with van der Waals surface area (Å²) in [7, 11) is -1.68. The maximum Gasteiger partial charge on any atom is 0.243 e. The van der Waals surface area contributed by atoms with Crippen LogP contribution in [-0.2, 0) is 21.9 Å². The number of rotatable bonds is 5. The number of hydrogen-bond acceptors (Lipinski definition) is 6. The molecule has 0 unspecified atom stereocenters. The first kappa shape index (κ1) is 18.9. The predicted molar refractivity (Wildman–Crippen MR) is 98.1 cm³/mol. The lowest BCUT2D eigenvalue weighted by Gasteiger charge is -2.35. The van der Waals surface area contributed by atoms with Crippen molar-refractivity contribution in [3.63, 3.8) is 0 Å². The molecule has 1 aliphatic heterocycles. The molecule has 140 valence electrons. The normalized spacial score (nSPS) is 17.2. The SMILES string of the molecule is C[C@H](Sc1nncn1C)C(=O)N1CCN(S(=O)(=O)c2ccccc2)CC1. The molecule has 0 spiro atoms. The lowest BCUT2D eigenvalue weighted by Crippen LogP contribution is -2.52. The molecule has 1 atom stereocenters. The number of aromatic nitrogens is 3. The van der Waals surface area contributed by atoms with Crippen LogP contribution in [0, 0.1) is 0 Å². The summed E-state index contributed by atoms with van der Waals surface area (Å²) in [6.07, 6.45) is 1.59. The zero-order valence-electron chi connectivity index (χ0n) is 14.6. The monoisotopic (exact) mass is 395 g/mol. The molecule has 1 aliphatic rings. The predicted octanol–water partition coefficient (Wildman–Crippen LogP) is 0.829. The topological polar surface area (TPSA) is 88.4 Å². The Morgan fingerprint density at radius 3 is 2.38 bits per heavy atom. The van der Waals surface area contributed by atoms with Gasteiger partial charge in [0.05, 0.1) is 10.1 Å². The molecule has 1 saturated heterocycles. The van der Waals surface area contributed by atoms with Crippen molar-refractivity contribution < 1.29 is 13.2 Å². The van der Waals surface area contributed by atoms with Crippen molar-refractivity contribution in [2.75, 3.05) is 26.2 Å². The maximum atomic E-state index is 12.6. The Morgan fingerprint density at radius 2 is 1.81 bits per heavy atom. The lowest BCUT2D eigenvalue weighted by atomic mass is 10.3. The van der Waals surface area contributed by atoms with Crippen molar-refractivity contribution in [2.45, 2.75) is 22.2 Å². The zero-order chi connectivity index (χ0) is 18.7. The molecule has 1 aromatic carbocycles. The van der Waals surface area contributed by atoms with E-state index in [0.717, 1.165) is 0 Å². The van der Waals surface area contributed by atoms with Crippen molar-refractivity contribution in [1.29, 1.82) is 0 Å². The van der Waals surface area contributed by atoms with E-state index in [1.54, 1.807) is 46.1 Å². The Morgan fingerprint density at radius 1 is 1.15 bits per heavy atom. The van der Waals surface area contributed by atoms with Crippen LogP contribution in [0.25, 0.3) is 0 Å². The van der Waals surface area contributed by atoms with Crippen LogP contribution >= 0.6 is 11.8 Å². The fourth-order valence-electron chi connectivity index (χ4n) is 2.74. The van der Waals surface area contributed by atoms with Crippen molar-refractivity contribution >= 4 is 27.7 Å². The van der Waals surface area contributed by atoms with Crippen LogP contribution in [0.2, 0.25) is 0 Å². The van der Waals surface area contributed by atoms with Gasteiger partial charge < -0.3 is 9.47 Å². The Kier molecular flexibility index (Phi) is 5.64. The number of aryl methyl sites for hydroxylation is 1. The minimum Gasteiger partial charge on any atom is -0.339 e. The van der Waals surface area contributed by atoms with Crippen LogP contribution < -0.4 is 0 Å². The first-order valence-corrected chi connectivity index (χ1v) is 10.6. The lowest BCUT2D eigenvalue weighted by molar-refractivity contribution is -0.131. The Balaban J connectivity index is 1.59. The van der Waals surface area contributed by atoms with E-state index in [2.05, 4.69) is 10.2 Å². The average Bonchev–Trinajstić information content (AvgIpc) is 3.06. The van der Waals surface area contributed by atoms with E-state index < -0.39 is 10.0 Å². The number of carbonyl (C=O) groups excluding carboxylic acids is 1. The van der Waals surface area contributed by atoms with Crippen LogP contribution in [0.5, 0.6) is 0 Å². The number of hydrogen-bond donors (Lipinski definition) is 0. The molecule has 0 N–H and O–H groups in total. The molecule has 0 saturated carbocycles. The first-order valence-electron chi connectivity index (χ1n) is 8.24. The summed E-state index contributed by atoms with van der Waals surface area (Å²) < 4.78 is 28.5. The standard InChI is InChI=1S/C16H21N5O3S2/c1-13(25-16-18-17-12-19(16)2)15(22)20-8-10-21(11-9-20)26(23,24)14-6-4-3-5-7-14/h3-7,12-13H,8-11H2,1-2H3/t13-/m0/s1. The first-order chi connectivity index (χ1) is 12.4. The van der Waals surface area contributed by atoms with Crippen molar-refractivity contribution in [3.8, 4) is 0 Å². The van der Waals surface area contributed by atoms with Crippen LogP contribution in [0.3, 0.4) is 0 Å². The number of benzene rings is 1. The highest BCUT2D eigenvalue weighted by Crippen LogP contribution is 2.23. The van der Waals surface area contributed by atoms with Crippen molar-refractivity contribution in [3.05, 3.63) is 36.7 Å². The third-order valence-electron chi connectivity index (χ3n) is 4.23. The summed E-state index contributed by atoms with van der Waals surface area (Å²) in [6, 6.07) is 8.38. The highest BCUT2D eigenvalue weighted by molar-refractivity contribution is 8.00. The van der Waals surface area contributed by atoms with Crippen LogP contribution in [0.1, 0.15) is 6.92 Å². The van der Waals surface area contributed by atoms with E-state index in [9.17, 15) is 13.2 Å². The smallest absolute Gasteiger partial charge is 0.243 e. The summed E-state index contributed by atoms with van der Waals surface area (Å²) in [6.45, 7) is 3.19. The molecule has 0 radical (unpaired) electrons. The molecule has 0 aliphatic carbocycles. The summed E-state index contributed by atoms with van der Waals surface area (Å²) in [5.41, 5.74) is 0. The maximum absolute atomic E-state index is 12.6. The molecule has 1 amide bonds. The van der Waals surface area contributed by atoms with Crippen molar-refractivity contribution in [2.24, 2.45) is 7.05 Å². The van der Waals surface area contributed by atoms with E-state index in [1.807, 2.05) is 14.0 Å². The van der Waals surface area contributed by atoms with Crippen LogP contribution in [0.15, 0.2) is 46.7 Å². The van der Waals surface area contributed by atoms with Gasteiger partial charge in [-0.15, -0.1) is 10.2 Å². The molecule has 10 heteroatoms. The molecular formula is C16H21N5O3S2. The summed E-state index contributed by atoms with van der Waals surface area (Å²) >= 11 is 1.35. The highest BCUT2D eigenvalue weighted by Gasteiger charge is 2.31. The van der Waals surface area contributed by atoms with Gasteiger partial charge in [-0.25, -0.2) is 8.42 Å². The van der Waals surface area contributed by atoms with Gasteiger partial charge in [-0.1, -0.05) is 30.0 Å². The van der Waals surface area contributed by atoms with Crippen LogP contribution in [0.4, 0.5) is 0 Å². The highest BCUT2D eigenvalue weighted by atomic mass is 32.2. The zero-order valence-corrected chi connectivity index (χ0v) is 16.3. The quantitative estimate of drug-likeness (QED) is 0.697. The Hall–Kier alpha value is -1.91. The van der Waals surface area contributed by atoms with Gasteiger partial charge >= 0.3 is 0 Å². The molecule has 1 fully saturated rings. The van der Waals surface area contributed by atoms with E-state index >= 15 is 0 Å². The van der Waals surface area contributed by atoms with Gasteiger partial charge in [0.25, 0.3) is 0 Å². The number of piperazine rings is 1. The van der Waals surface area contributed by atoms with Gasteiger partial charge in [0, 0.05) is 33.2 Å². The van der Waals surface area contributed by atoms with E-state index in [0.29, 0.717) is 31.3 Å². The molecule has 2 heterocycles. The van der Waals surface area contributed by atoms with Gasteiger partial charge in [0.2, 0.25) is 15.9 Å². The third-order valence-corrected chi connectivity index (χ3v) is 7.28. The summed E-state index contributed by atoms with van der Waals surface area (Å²) in [5, 5.41) is 8.15. The number of amides is 1. The second-order valence-corrected chi connectivity index (χ2v) is 9.27. The minimum absolute atomic E-state index is 0.0187. The molecule has 0 bridgehead atoms. The second-order valence-electron chi connectivity index (χ2n) is 6.03. The van der Waals surface area contributed by atoms with Gasteiger partial charge in [-0.05, 0) is 19.1 Å². The largest absolute Gasteiger partial charge is 0.339 e. The number of sulfonamides is 1. The van der Waals surface area contributed by atoms with E-state index in [-0.39, 0.29) is 16.1 Å². The molecule has 2 aromatic rings. The van der Waals surface area contributed by atoms with E-state index in [1.165, 1.54) is 16.1 Å². The number of nitrogens with zero attached hydrogens (tertiary/aromatic N) is 5. The molecular weight excluding hydrogens is 374 g/mol. The molecule has 26 heavy (non-hydrogen) atoms. The van der Waals surface area contributed by atoms with Gasteiger partial charge in [0.1, 0.15) is 6.33 Å². The number of thioether (sulfide) groups is 1. The molecule has 1 aromatic heterocycles. The second kappa shape index (κ2) is 7.77. The van der Waals surface area contributed by atoms with Crippen molar-refractivity contribution in [1.82, 2.24) is 24.0 Å². The third kappa shape index (κ3) is 3.92. The average molecular weight is 396 g/mol. The molecule has 3 rings (SSSR count). The van der Waals surface area contributed by atoms with Crippen LogP contribution in [-0.4, -0.2) is 69.7 Å². The van der Waals surface area contributed by atoms with E-state index in [4.69, 9.17) is 0 Å². The number of carbonyl (C=O) groups is 1. The fourth-order valence-corrected chi connectivity index (χ4v) is 5.05. The summed E-state index contributed by atoms with van der Waals surface area (Å²) in [5.74, 6) is -0.0187. The molecule has 8 nitrogen and oxygen atoms in total. The van der Waals surface area contributed by atoms with Gasteiger partial charge in [-0.2, -0.15) is 4.31 Å². The minimum atomic E-state index is -3.51. The van der Waals surface area contributed by atoms with Gasteiger partial charge in [0.15, 0.2) is 5.16 Å². The van der Waals surface area contributed by atoms with Gasteiger partial charge in [-0.3, -0.25) is 4.79 Å². The Bertz CT molecular complexity index is 861. The summed E-state index contributed by atoms with van der Waals surface area (Å²) in [4.78, 5) is 14.6. The fraction of sp³-hybridized carbons (Fsp3) is 0.438.